The first-order chi connectivity index (χ1) is 13.4. The van der Waals surface area contributed by atoms with Crippen LogP contribution in [0.1, 0.15) is 17.0 Å². The van der Waals surface area contributed by atoms with Crippen LogP contribution in [-0.2, 0) is 18.4 Å². The summed E-state index contributed by atoms with van der Waals surface area (Å²) in [7, 11) is 1.86. The van der Waals surface area contributed by atoms with Crippen molar-refractivity contribution >= 4 is 35.0 Å². The highest BCUT2D eigenvalue weighted by Gasteiger charge is 2.13. The summed E-state index contributed by atoms with van der Waals surface area (Å²) in [5, 5.41) is 12.3. The highest BCUT2D eigenvalue weighted by molar-refractivity contribution is 7.99. The number of aryl methyl sites for hydroxylation is 2. The third kappa shape index (κ3) is 5.05. The van der Waals surface area contributed by atoms with Crippen LogP contribution in [0.25, 0.3) is 0 Å². The monoisotopic (exact) mass is 416 g/mol. The van der Waals surface area contributed by atoms with Gasteiger partial charge < -0.3 is 14.6 Å². The summed E-state index contributed by atoms with van der Waals surface area (Å²) in [6.07, 6.45) is 0. The lowest BCUT2D eigenvalue weighted by atomic mass is 10.1. The van der Waals surface area contributed by atoms with Gasteiger partial charge in [-0.25, -0.2) is 0 Å². The number of carbonyl (C=O) groups excluding carboxylic acids is 1. The predicted octanol–water partition coefficient (Wildman–Crippen LogP) is 4.40. The molecule has 1 heterocycles. The van der Waals surface area contributed by atoms with E-state index in [1.807, 2.05) is 49.7 Å². The van der Waals surface area contributed by atoms with Crippen LogP contribution in [0.5, 0.6) is 5.75 Å². The van der Waals surface area contributed by atoms with E-state index in [4.69, 9.17) is 16.3 Å². The Bertz CT molecular complexity index is 990. The van der Waals surface area contributed by atoms with E-state index in [1.54, 1.807) is 12.1 Å². The van der Waals surface area contributed by atoms with Gasteiger partial charge in [-0.05, 0) is 37.6 Å². The first-order valence-corrected chi connectivity index (χ1v) is 10.1. The van der Waals surface area contributed by atoms with Gasteiger partial charge in [0.15, 0.2) is 11.0 Å². The minimum Gasteiger partial charge on any atom is -0.485 e. The molecule has 3 aromatic rings. The van der Waals surface area contributed by atoms with Crippen LogP contribution < -0.4 is 10.1 Å². The van der Waals surface area contributed by atoms with Crippen LogP contribution >= 0.6 is 23.4 Å². The minimum atomic E-state index is -0.158. The molecule has 0 radical (unpaired) electrons. The Hall–Kier alpha value is -2.51. The summed E-state index contributed by atoms with van der Waals surface area (Å²) in [5.41, 5.74) is 2.86. The summed E-state index contributed by atoms with van der Waals surface area (Å²) in [6, 6.07) is 13.2. The number of thioether (sulfide) groups is 1. The van der Waals surface area contributed by atoms with Crippen molar-refractivity contribution in [3.05, 3.63) is 64.4 Å². The van der Waals surface area contributed by atoms with Gasteiger partial charge >= 0.3 is 0 Å². The Morgan fingerprint density at radius 3 is 2.75 bits per heavy atom. The molecular weight excluding hydrogens is 396 g/mol. The number of carbonyl (C=O) groups is 1. The molecule has 146 valence electrons. The molecule has 0 spiro atoms. The van der Waals surface area contributed by atoms with Gasteiger partial charge in [-0.1, -0.05) is 53.2 Å². The van der Waals surface area contributed by atoms with E-state index < -0.39 is 0 Å². The number of halogens is 1. The Morgan fingerprint density at radius 2 is 2.00 bits per heavy atom. The number of rotatable bonds is 7. The molecule has 8 heteroatoms. The first kappa shape index (κ1) is 20.2. The van der Waals surface area contributed by atoms with Gasteiger partial charge in [0, 0.05) is 7.05 Å². The van der Waals surface area contributed by atoms with Gasteiger partial charge in [0.1, 0.15) is 12.4 Å². The van der Waals surface area contributed by atoms with E-state index in [2.05, 4.69) is 21.6 Å². The van der Waals surface area contributed by atoms with E-state index in [9.17, 15) is 4.79 Å². The quantitative estimate of drug-likeness (QED) is 0.578. The Morgan fingerprint density at radius 1 is 1.21 bits per heavy atom. The zero-order valence-electron chi connectivity index (χ0n) is 15.9. The highest BCUT2D eigenvalue weighted by Crippen LogP contribution is 2.23. The molecule has 1 amide bonds. The second kappa shape index (κ2) is 9.12. The summed E-state index contributed by atoms with van der Waals surface area (Å²) < 4.78 is 7.69. The van der Waals surface area contributed by atoms with Crippen molar-refractivity contribution in [1.82, 2.24) is 14.8 Å². The van der Waals surface area contributed by atoms with Crippen molar-refractivity contribution in [2.45, 2.75) is 25.6 Å². The molecule has 0 fully saturated rings. The average Bonchev–Trinajstić information content (AvgIpc) is 3.01. The van der Waals surface area contributed by atoms with E-state index in [0.717, 1.165) is 11.3 Å². The van der Waals surface area contributed by atoms with E-state index in [0.29, 0.717) is 28.3 Å². The third-order valence-electron chi connectivity index (χ3n) is 4.09. The SMILES string of the molecule is Cc1ccc(OCc2nnc(SCC(=O)Nc3ccccc3Cl)n2C)c(C)c1. The summed E-state index contributed by atoms with van der Waals surface area (Å²) in [6.45, 7) is 4.36. The largest absolute Gasteiger partial charge is 0.485 e. The fourth-order valence-corrected chi connectivity index (χ4v) is 3.49. The number of anilines is 1. The number of hydrogen-bond donors (Lipinski definition) is 1. The number of nitrogens with zero attached hydrogens (tertiary/aromatic N) is 3. The maximum Gasteiger partial charge on any atom is 0.234 e. The smallest absolute Gasteiger partial charge is 0.234 e. The molecule has 6 nitrogen and oxygen atoms in total. The van der Waals surface area contributed by atoms with Gasteiger partial charge in [-0.15, -0.1) is 10.2 Å². The number of aromatic nitrogens is 3. The second-order valence-corrected chi connectivity index (χ2v) is 7.68. The summed E-state index contributed by atoms with van der Waals surface area (Å²) in [4.78, 5) is 12.2. The lowest BCUT2D eigenvalue weighted by Gasteiger charge is -2.10. The maximum atomic E-state index is 12.2. The predicted molar refractivity (Wildman–Crippen MR) is 112 cm³/mol. The zero-order valence-corrected chi connectivity index (χ0v) is 17.5. The van der Waals surface area contributed by atoms with Gasteiger partial charge in [0.2, 0.25) is 5.91 Å². The first-order valence-electron chi connectivity index (χ1n) is 8.69. The lowest BCUT2D eigenvalue weighted by Crippen LogP contribution is -2.14. The lowest BCUT2D eigenvalue weighted by molar-refractivity contribution is -0.113. The Balaban J connectivity index is 1.55. The number of nitrogens with one attached hydrogen (secondary N) is 1. The standard InChI is InChI=1S/C20H21ClN4O2S/c1-13-8-9-17(14(2)10-13)27-11-18-23-24-20(25(18)3)28-12-19(26)22-16-7-5-4-6-15(16)21/h4-10H,11-12H2,1-3H3,(H,22,26). The minimum absolute atomic E-state index is 0.158. The zero-order chi connectivity index (χ0) is 20.1. The van der Waals surface area contributed by atoms with Crippen molar-refractivity contribution in [3.8, 4) is 5.75 Å². The average molecular weight is 417 g/mol. The molecule has 0 aliphatic carbocycles. The molecule has 0 aliphatic heterocycles. The van der Waals surface area contributed by atoms with Crippen LogP contribution in [-0.4, -0.2) is 26.4 Å². The Kier molecular flexibility index (Phi) is 6.59. The van der Waals surface area contributed by atoms with Crippen molar-refractivity contribution in [2.75, 3.05) is 11.1 Å². The van der Waals surface area contributed by atoms with Crippen LogP contribution in [0.15, 0.2) is 47.6 Å². The fraction of sp³-hybridized carbons (Fsp3) is 0.250. The number of ether oxygens (including phenoxy) is 1. The number of amides is 1. The van der Waals surface area contributed by atoms with Crippen LogP contribution in [0.4, 0.5) is 5.69 Å². The van der Waals surface area contributed by atoms with E-state index >= 15 is 0 Å². The molecule has 0 saturated heterocycles. The van der Waals surface area contributed by atoms with E-state index in [1.165, 1.54) is 17.3 Å². The molecule has 3 rings (SSSR count). The van der Waals surface area contributed by atoms with Gasteiger partial charge in [0.25, 0.3) is 0 Å². The van der Waals surface area contributed by atoms with Gasteiger partial charge in [0.05, 0.1) is 16.5 Å². The van der Waals surface area contributed by atoms with Crippen molar-refractivity contribution in [3.63, 3.8) is 0 Å². The molecule has 0 saturated carbocycles. The molecule has 0 unspecified atom stereocenters. The molecule has 1 N–H and O–H groups in total. The molecular formula is C20H21ClN4O2S. The molecule has 0 aliphatic rings. The normalized spacial score (nSPS) is 10.7. The van der Waals surface area contributed by atoms with E-state index in [-0.39, 0.29) is 11.7 Å². The Labute approximate surface area is 173 Å². The number of hydrogen-bond acceptors (Lipinski definition) is 5. The van der Waals surface area contributed by atoms with Crippen molar-refractivity contribution in [2.24, 2.45) is 7.05 Å². The van der Waals surface area contributed by atoms with Crippen LogP contribution in [0.2, 0.25) is 5.02 Å². The topological polar surface area (TPSA) is 69.0 Å². The molecule has 0 atom stereocenters. The second-order valence-electron chi connectivity index (χ2n) is 6.33. The molecule has 1 aromatic heterocycles. The fourth-order valence-electron chi connectivity index (χ4n) is 2.58. The summed E-state index contributed by atoms with van der Waals surface area (Å²) in [5.74, 6) is 1.56. The maximum absolute atomic E-state index is 12.2. The summed E-state index contributed by atoms with van der Waals surface area (Å²) >= 11 is 7.36. The van der Waals surface area contributed by atoms with Gasteiger partial charge in [-0.3, -0.25) is 4.79 Å². The van der Waals surface area contributed by atoms with Crippen molar-refractivity contribution in [1.29, 1.82) is 0 Å². The third-order valence-corrected chi connectivity index (χ3v) is 5.44. The number of benzene rings is 2. The highest BCUT2D eigenvalue weighted by atomic mass is 35.5. The van der Waals surface area contributed by atoms with Crippen LogP contribution in [0.3, 0.4) is 0 Å². The van der Waals surface area contributed by atoms with Crippen LogP contribution in [0, 0.1) is 13.8 Å². The van der Waals surface area contributed by atoms with Gasteiger partial charge in [-0.2, -0.15) is 0 Å². The van der Waals surface area contributed by atoms with Crippen molar-refractivity contribution < 1.29 is 9.53 Å². The molecule has 2 aromatic carbocycles. The number of para-hydroxylation sites is 1. The molecule has 0 bridgehead atoms. The molecule has 28 heavy (non-hydrogen) atoms.